The molecule has 118 valence electrons. The van der Waals surface area contributed by atoms with Crippen molar-refractivity contribution in [1.82, 2.24) is 0 Å². The van der Waals surface area contributed by atoms with Crippen LogP contribution in [0.5, 0.6) is 5.75 Å². The number of benzene rings is 1. The fraction of sp³-hybridized carbons (Fsp3) is 0.611. The molecule has 0 fully saturated rings. The zero-order valence-electron chi connectivity index (χ0n) is 14.3. The van der Waals surface area contributed by atoms with Gasteiger partial charge in [-0.25, -0.2) is 0 Å². The van der Waals surface area contributed by atoms with Crippen molar-refractivity contribution in [2.75, 3.05) is 6.61 Å². The molecule has 0 heterocycles. The molecule has 1 N–H and O–H groups in total. The third kappa shape index (κ3) is 3.78. The lowest BCUT2D eigenvalue weighted by molar-refractivity contribution is -0.145. The van der Waals surface area contributed by atoms with E-state index in [9.17, 15) is 9.90 Å². The standard InChI is InChI=1S/C18H28O3/c1-8-9-21-17(20)13(4)14-10-15(18(5,6)7)16(19)12(3)11(14)2/h10,13,19H,8-9H2,1-7H3. The predicted octanol–water partition coefficient (Wildman–Crippen LogP) is 4.36. The second-order valence-corrected chi connectivity index (χ2v) is 6.75. The van der Waals surface area contributed by atoms with Crippen molar-refractivity contribution in [1.29, 1.82) is 0 Å². The van der Waals surface area contributed by atoms with Crippen LogP contribution in [0.2, 0.25) is 0 Å². The van der Waals surface area contributed by atoms with E-state index in [0.29, 0.717) is 12.4 Å². The van der Waals surface area contributed by atoms with Gasteiger partial charge in [-0.2, -0.15) is 0 Å². The Balaban J connectivity index is 3.30. The Labute approximate surface area is 128 Å². The average molecular weight is 292 g/mol. The summed E-state index contributed by atoms with van der Waals surface area (Å²) in [6.45, 7) is 14.3. The number of esters is 1. The van der Waals surface area contributed by atoms with E-state index >= 15 is 0 Å². The molecular weight excluding hydrogens is 264 g/mol. The van der Waals surface area contributed by atoms with Gasteiger partial charge in [-0.05, 0) is 54.9 Å². The SMILES string of the molecule is CCCOC(=O)C(C)c1cc(C(C)(C)C)c(O)c(C)c1C. The van der Waals surface area contributed by atoms with E-state index < -0.39 is 0 Å². The zero-order chi connectivity index (χ0) is 16.4. The second-order valence-electron chi connectivity index (χ2n) is 6.75. The van der Waals surface area contributed by atoms with E-state index in [0.717, 1.165) is 28.7 Å². The van der Waals surface area contributed by atoms with Crippen LogP contribution in [-0.4, -0.2) is 17.7 Å². The van der Waals surface area contributed by atoms with Crippen LogP contribution in [0.25, 0.3) is 0 Å². The number of rotatable bonds is 4. The van der Waals surface area contributed by atoms with Crippen LogP contribution in [0.3, 0.4) is 0 Å². The molecule has 3 heteroatoms. The van der Waals surface area contributed by atoms with Gasteiger partial charge in [0.1, 0.15) is 5.75 Å². The van der Waals surface area contributed by atoms with Crippen LogP contribution < -0.4 is 0 Å². The molecule has 0 aliphatic rings. The van der Waals surface area contributed by atoms with Gasteiger partial charge in [0.25, 0.3) is 0 Å². The average Bonchev–Trinajstić information content (AvgIpc) is 2.40. The van der Waals surface area contributed by atoms with Crippen molar-refractivity contribution >= 4 is 5.97 Å². The highest BCUT2D eigenvalue weighted by Gasteiger charge is 2.26. The minimum absolute atomic E-state index is 0.176. The normalized spacial score (nSPS) is 13.1. The molecule has 21 heavy (non-hydrogen) atoms. The second kappa shape index (κ2) is 6.50. The lowest BCUT2D eigenvalue weighted by atomic mass is 9.80. The van der Waals surface area contributed by atoms with Crippen molar-refractivity contribution in [2.24, 2.45) is 0 Å². The quantitative estimate of drug-likeness (QED) is 0.839. The zero-order valence-corrected chi connectivity index (χ0v) is 14.3. The Hall–Kier alpha value is -1.51. The van der Waals surface area contributed by atoms with Gasteiger partial charge in [0.15, 0.2) is 0 Å². The van der Waals surface area contributed by atoms with Gasteiger partial charge < -0.3 is 9.84 Å². The number of phenols is 1. The summed E-state index contributed by atoms with van der Waals surface area (Å²) >= 11 is 0. The minimum atomic E-state index is -0.322. The molecule has 0 aliphatic carbocycles. The van der Waals surface area contributed by atoms with Gasteiger partial charge in [0.2, 0.25) is 0 Å². The molecule has 1 aromatic carbocycles. The lowest BCUT2D eigenvalue weighted by Crippen LogP contribution is -2.18. The maximum atomic E-state index is 12.1. The molecule has 3 nitrogen and oxygen atoms in total. The summed E-state index contributed by atoms with van der Waals surface area (Å²) in [6.07, 6.45) is 0.819. The summed E-state index contributed by atoms with van der Waals surface area (Å²) in [5.41, 5.74) is 3.44. The van der Waals surface area contributed by atoms with Crippen molar-refractivity contribution < 1.29 is 14.6 Å². The van der Waals surface area contributed by atoms with Crippen molar-refractivity contribution in [2.45, 2.75) is 66.2 Å². The summed E-state index contributed by atoms with van der Waals surface area (Å²) in [7, 11) is 0. The molecule has 1 unspecified atom stereocenters. The highest BCUT2D eigenvalue weighted by atomic mass is 16.5. The van der Waals surface area contributed by atoms with Crippen molar-refractivity contribution in [3.8, 4) is 5.75 Å². The molecule has 0 saturated carbocycles. The molecule has 1 aromatic rings. The highest BCUT2D eigenvalue weighted by Crippen LogP contribution is 2.38. The maximum Gasteiger partial charge on any atom is 0.313 e. The van der Waals surface area contributed by atoms with Gasteiger partial charge >= 0.3 is 5.97 Å². The fourth-order valence-corrected chi connectivity index (χ4v) is 2.40. The molecule has 0 aliphatic heterocycles. The van der Waals surface area contributed by atoms with E-state index in [2.05, 4.69) is 20.8 Å². The smallest absolute Gasteiger partial charge is 0.313 e. The minimum Gasteiger partial charge on any atom is -0.507 e. The Morgan fingerprint density at radius 1 is 1.29 bits per heavy atom. The maximum absolute atomic E-state index is 12.1. The number of hydrogen-bond donors (Lipinski definition) is 1. The Morgan fingerprint density at radius 2 is 1.86 bits per heavy atom. The molecule has 0 spiro atoms. The third-order valence-electron chi connectivity index (χ3n) is 3.98. The Morgan fingerprint density at radius 3 is 2.33 bits per heavy atom. The number of phenolic OH excluding ortho intramolecular Hbond substituents is 1. The van der Waals surface area contributed by atoms with Gasteiger partial charge in [-0.15, -0.1) is 0 Å². The summed E-state index contributed by atoms with van der Waals surface area (Å²) in [5, 5.41) is 10.4. The third-order valence-corrected chi connectivity index (χ3v) is 3.98. The van der Waals surface area contributed by atoms with E-state index in [1.54, 1.807) is 0 Å². The molecule has 0 saturated heterocycles. The van der Waals surface area contributed by atoms with Gasteiger partial charge in [0.05, 0.1) is 12.5 Å². The van der Waals surface area contributed by atoms with E-state index in [4.69, 9.17) is 4.74 Å². The van der Waals surface area contributed by atoms with Crippen molar-refractivity contribution in [3.63, 3.8) is 0 Å². The number of carbonyl (C=O) groups excluding carboxylic acids is 1. The first-order valence-electron chi connectivity index (χ1n) is 7.61. The molecule has 0 radical (unpaired) electrons. The first kappa shape index (κ1) is 17.5. The Kier molecular flexibility index (Phi) is 5.43. The van der Waals surface area contributed by atoms with Crippen LogP contribution in [0.15, 0.2) is 6.07 Å². The van der Waals surface area contributed by atoms with Crippen LogP contribution >= 0.6 is 0 Å². The monoisotopic (exact) mass is 292 g/mol. The molecule has 0 amide bonds. The number of hydrogen-bond acceptors (Lipinski definition) is 3. The first-order valence-corrected chi connectivity index (χ1v) is 7.61. The van der Waals surface area contributed by atoms with Crippen LogP contribution in [0.4, 0.5) is 0 Å². The van der Waals surface area contributed by atoms with Crippen LogP contribution in [-0.2, 0) is 14.9 Å². The lowest BCUT2D eigenvalue weighted by Gasteiger charge is -2.25. The molecule has 0 aromatic heterocycles. The van der Waals surface area contributed by atoms with Crippen LogP contribution in [0.1, 0.15) is 69.2 Å². The summed E-state index contributed by atoms with van der Waals surface area (Å²) in [6, 6.07) is 1.95. The number of aromatic hydroxyl groups is 1. The van der Waals surface area contributed by atoms with Crippen LogP contribution in [0, 0.1) is 13.8 Å². The predicted molar refractivity (Wildman–Crippen MR) is 85.9 cm³/mol. The molecule has 0 bridgehead atoms. The molecule has 1 rings (SSSR count). The number of carbonyl (C=O) groups is 1. The van der Waals surface area contributed by atoms with Gasteiger partial charge in [-0.1, -0.05) is 33.8 Å². The number of ether oxygens (including phenoxy) is 1. The van der Waals surface area contributed by atoms with E-state index in [-0.39, 0.29) is 17.3 Å². The largest absolute Gasteiger partial charge is 0.507 e. The van der Waals surface area contributed by atoms with Crippen molar-refractivity contribution in [3.05, 3.63) is 28.3 Å². The van der Waals surface area contributed by atoms with E-state index in [1.807, 2.05) is 33.8 Å². The molecular formula is C18H28O3. The molecule has 1 atom stereocenters. The van der Waals surface area contributed by atoms with Gasteiger partial charge in [0, 0.05) is 0 Å². The Bertz CT molecular complexity index is 524. The summed E-state index contributed by atoms with van der Waals surface area (Å²) in [5.74, 6) is -0.195. The highest BCUT2D eigenvalue weighted by molar-refractivity contribution is 5.79. The van der Waals surface area contributed by atoms with E-state index in [1.165, 1.54) is 0 Å². The topological polar surface area (TPSA) is 46.5 Å². The fourth-order valence-electron chi connectivity index (χ4n) is 2.40. The summed E-state index contributed by atoms with van der Waals surface area (Å²) < 4.78 is 5.26. The van der Waals surface area contributed by atoms with Gasteiger partial charge in [-0.3, -0.25) is 4.79 Å². The first-order chi connectivity index (χ1) is 9.61. The summed E-state index contributed by atoms with van der Waals surface area (Å²) in [4.78, 5) is 12.1.